The highest BCUT2D eigenvalue weighted by Crippen LogP contribution is 2.48. The maximum atomic E-state index is 12.4. The molecule has 1 aliphatic rings. The lowest BCUT2D eigenvalue weighted by atomic mass is 10.1. The Hall–Kier alpha value is -1.60. The summed E-state index contributed by atoms with van der Waals surface area (Å²) in [4.78, 5) is 11.6. The third-order valence-electron chi connectivity index (χ3n) is 4.04. The number of esters is 1. The average Bonchev–Trinajstić information content (AvgIpc) is 3.25. The van der Waals surface area contributed by atoms with Crippen LogP contribution in [-0.4, -0.2) is 28.0 Å². The summed E-state index contributed by atoms with van der Waals surface area (Å²) in [7, 11) is -2.57. The molecule has 0 aromatic heterocycles. The lowest BCUT2D eigenvalue weighted by molar-refractivity contribution is 0.0596. The lowest BCUT2D eigenvalue weighted by Crippen LogP contribution is -2.31. The first-order valence-corrected chi connectivity index (χ1v) is 8.29. The van der Waals surface area contributed by atoms with Gasteiger partial charge in [0.15, 0.2) is 0 Å². The molecule has 0 spiro atoms. The molecule has 1 aliphatic carbocycles. The number of ether oxygens (including phenoxy) is 1. The number of hydrogen-bond donors (Lipinski definition) is 2. The molecule has 1 fully saturated rings. The zero-order valence-corrected chi connectivity index (χ0v) is 13.0. The first-order valence-electron chi connectivity index (χ1n) is 6.81. The number of methoxy groups -OCH3 is 1. The Kier molecular flexibility index (Phi) is 4.25. The molecule has 0 radical (unpaired) electrons. The van der Waals surface area contributed by atoms with Crippen molar-refractivity contribution in [2.24, 2.45) is 5.41 Å². The van der Waals surface area contributed by atoms with Crippen LogP contribution in [0.25, 0.3) is 0 Å². The normalized spacial score (nSPS) is 16.5. The van der Waals surface area contributed by atoms with Gasteiger partial charge >= 0.3 is 5.97 Å². The van der Waals surface area contributed by atoms with Crippen molar-refractivity contribution >= 4 is 21.7 Å². The van der Waals surface area contributed by atoms with E-state index in [2.05, 4.69) is 9.46 Å². The van der Waals surface area contributed by atoms with Gasteiger partial charge in [-0.05, 0) is 42.9 Å². The van der Waals surface area contributed by atoms with Crippen LogP contribution in [0.15, 0.2) is 23.1 Å². The molecular formula is C14H20N2O4S. The second-order valence-electron chi connectivity index (χ2n) is 5.43. The van der Waals surface area contributed by atoms with Crippen LogP contribution in [0.3, 0.4) is 0 Å². The van der Waals surface area contributed by atoms with E-state index in [1.54, 1.807) is 0 Å². The maximum absolute atomic E-state index is 12.4. The lowest BCUT2D eigenvalue weighted by Gasteiger charge is -2.15. The Balaban J connectivity index is 2.29. The molecule has 0 saturated heterocycles. The molecule has 21 heavy (non-hydrogen) atoms. The quantitative estimate of drug-likeness (QED) is 0.613. The highest BCUT2D eigenvalue weighted by atomic mass is 32.2. The standard InChI is InChI=1S/C14H20N2O4S/c1-3-14(6-7-14)9-16-21(18,19)12-5-4-10(15)8-11(12)13(17)20-2/h4-5,8,16H,3,6-7,9,15H2,1-2H3. The van der Waals surface area contributed by atoms with E-state index >= 15 is 0 Å². The molecule has 1 saturated carbocycles. The number of hydrogen-bond acceptors (Lipinski definition) is 5. The Morgan fingerprint density at radius 2 is 2.10 bits per heavy atom. The number of anilines is 1. The topological polar surface area (TPSA) is 98.5 Å². The number of carbonyl (C=O) groups is 1. The van der Waals surface area contributed by atoms with E-state index in [9.17, 15) is 13.2 Å². The van der Waals surface area contributed by atoms with Crippen LogP contribution in [-0.2, 0) is 14.8 Å². The van der Waals surface area contributed by atoms with Gasteiger partial charge in [-0.1, -0.05) is 6.92 Å². The van der Waals surface area contributed by atoms with Crippen molar-refractivity contribution in [1.29, 1.82) is 0 Å². The highest BCUT2D eigenvalue weighted by molar-refractivity contribution is 7.89. The van der Waals surface area contributed by atoms with Crippen molar-refractivity contribution in [3.63, 3.8) is 0 Å². The summed E-state index contributed by atoms with van der Waals surface area (Å²) < 4.78 is 32.0. The van der Waals surface area contributed by atoms with E-state index in [1.165, 1.54) is 25.3 Å². The van der Waals surface area contributed by atoms with E-state index in [-0.39, 0.29) is 15.9 Å². The molecule has 6 nitrogen and oxygen atoms in total. The first kappa shape index (κ1) is 15.8. The van der Waals surface area contributed by atoms with Gasteiger partial charge in [0.05, 0.1) is 17.6 Å². The minimum Gasteiger partial charge on any atom is -0.465 e. The molecule has 1 aromatic rings. The van der Waals surface area contributed by atoms with Crippen molar-refractivity contribution in [1.82, 2.24) is 4.72 Å². The molecule has 1 aromatic carbocycles. The molecule has 7 heteroatoms. The number of carbonyl (C=O) groups excluding carboxylic acids is 1. The summed E-state index contributed by atoms with van der Waals surface area (Å²) in [5.41, 5.74) is 5.95. The Bertz CT molecular complexity index is 651. The van der Waals surface area contributed by atoms with E-state index in [0.29, 0.717) is 12.2 Å². The van der Waals surface area contributed by atoms with Gasteiger partial charge in [0, 0.05) is 12.2 Å². The van der Waals surface area contributed by atoms with E-state index < -0.39 is 16.0 Å². The second kappa shape index (κ2) is 5.65. The van der Waals surface area contributed by atoms with Crippen LogP contribution in [0, 0.1) is 5.41 Å². The summed E-state index contributed by atoms with van der Waals surface area (Å²) in [6, 6.07) is 4.09. The van der Waals surface area contributed by atoms with E-state index in [0.717, 1.165) is 19.3 Å². The van der Waals surface area contributed by atoms with E-state index in [1.807, 2.05) is 6.92 Å². The Labute approximate surface area is 124 Å². The molecule has 0 heterocycles. The smallest absolute Gasteiger partial charge is 0.339 e. The minimum atomic E-state index is -3.77. The third kappa shape index (κ3) is 3.36. The molecule has 0 atom stereocenters. The molecule has 116 valence electrons. The predicted molar refractivity (Wildman–Crippen MR) is 79.3 cm³/mol. The van der Waals surface area contributed by atoms with Crippen molar-refractivity contribution in [2.75, 3.05) is 19.4 Å². The molecule has 2 rings (SSSR count). The van der Waals surface area contributed by atoms with Crippen LogP contribution >= 0.6 is 0 Å². The van der Waals surface area contributed by atoms with E-state index in [4.69, 9.17) is 5.73 Å². The zero-order chi connectivity index (χ0) is 15.7. The molecule has 0 unspecified atom stereocenters. The average molecular weight is 312 g/mol. The molecule has 3 N–H and O–H groups in total. The van der Waals surface area contributed by atoms with Gasteiger partial charge in [-0.25, -0.2) is 17.9 Å². The van der Waals surface area contributed by atoms with Crippen LogP contribution < -0.4 is 10.5 Å². The molecular weight excluding hydrogens is 292 g/mol. The van der Waals surface area contributed by atoms with Crippen LogP contribution in [0.4, 0.5) is 5.69 Å². The van der Waals surface area contributed by atoms with Gasteiger partial charge < -0.3 is 10.5 Å². The molecule has 0 amide bonds. The van der Waals surface area contributed by atoms with Gasteiger partial charge in [-0.3, -0.25) is 0 Å². The monoisotopic (exact) mass is 312 g/mol. The summed E-state index contributed by atoms with van der Waals surface area (Å²) in [6.07, 6.45) is 2.98. The number of nitrogens with two attached hydrogens (primary N) is 1. The van der Waals surface area contributed by atoms with Crippen molar-refractivity contribution in [3.05, 3.63) is 23.8 Å². The van der Waals surface area contributed by atoms with Gasteiger partial charge in [0.2, 0.25) is 10.0 Å². The number of rotatable bonds is 6. The van der Waals surface area contributed by atoms with Crippen molar-refractivity contribution in [2.45, 2.75) is 31.1 Å². The van der Waals surface area contributed by atoms with Crippen molar-refractivity contribution < 1.29 is 17.9 Å². The minimum absolute atomic E-state index is 0.0497. The first-order chi connectivity index (χ1) is 9.83. The SMILES string of the molecule is CCC1(CNS(=O)(=O)c2ccc(N)cc2C(=O)OC)CC1. The van der Waals surface area contributed by atoms with Gasteiger partial charge in [-0.15, -0.1) is 0 Å². The maximum Gasteiger partial charge on any atom is 0.339 e. The fourth-order valence-electron chi connectivity index (χ4n) is 2.21. The fourth-order valence-corrected chi connectivity index (χ4v) is 3.54. The fraction of sp³-hybridized carbons (Fsp3) is 0.500. The summed E-state index contributed by atoms with van der Waals surface area (Å²) in [5.74, 6) is -0.723. The highest BCUT2D eigenvalue weighted by Gasteiger charge is 2.41. The third-order valence-corrected chi connectivity index (χ3v) is 5.50. The van der Waals surface area contributed by atoms with Crippen LogP contribution in [0.5, 0.6) is 0 Å². The van der Waals surface area contributed by atoms with Gasteiger partial charge in [0.1, 0.15) is 0 Å². The van der Waals surface area contributed by atoms with Crippen molar-refractivity contribution in [3.8, 4) is 0 Å². The number of benzene rings is 1. The van der Waals surface area contributed by atoms with Gasteiger partial charge in [0.25, 0.3) is 0 Å². The Morgan fingerprint density at radius 1 is 1.43 bits per heavy atom. The second-order valence-corrected chi connectivity index (χ2v) is 7.16. The van der Waals surface area contributed by atoms with Gasteiger partial charge in [-0.2, -0.15) is 0 Å². The number of sulfonamides is 1. The zero-order valence-electron chi connectivity index (χ0n) is 12.2. The number of nitrogen functional groups attached to an aromatic ring is 1. The largest absolute Gasteiger partial charge is 0.465 e. The van der Waals surface area contributed by atoms with Crippen LogP contribution in [0.2, 0.25) is 0 Å². The summed E-state index contributed by atoms with van der Waals surface area (Å²) in [6.45, 7) is 2.43. The molecule has 0 bridgehead atoms. The van der Waals surface area contributed by atoms with Crippen LogP contribution in [0.1, 0.15) is 36.5 Å². The summed E-state index contributed by atoms with van der Waals surface area (Å²) >= 11 is 0. The number of nitrogens with one attached hydrogen (secondary N) is 1. The predicted octanol–water partition coefficient (Wildman–Crippen LogP) is 1.52. The summed E-state index contributed by atoms with van der Waals surface area (Å²) in [5, 5.41) is 0. The Morgan fingerprint density at radius 3 is 2.62 bits per heavy atom. The molecule has 0 aliphatic heterocycles.